The van der Waals surface area contributed by atoms with Crippen LogP contribution in [-0.4, -0.2) is 4.98 Å². The van der Waals surface area contributed by atoms with Gasteiger partial charge in [-0.1, -0.05) is 38.1 Å². The second-order valence-corrected chi connectivity index (χ2v) is 5.17. The molecule has 86 valence electrons. The molecule has 0 radical (unpaired) electrons. The van der Waals surface area contributed by atoms with E-state index in [1.807, 2.05) is 12.4 Å². The van der Waals surface area contributed by atoms with Crippen molar-refractivity contribution in [2.24, 2.45) is 5.92 Å². The van der Waals surface area contributed by atoms with Crippen LogP contribution in [0.1, 0.15) is 30.9 Å². The van der Waals surface area contributed by atoms with E-state index in [-0.39, 0.29) is 0 Å². The summed E-state index contributed by atoms with van der Waals surface area (Å²) in [6.07, 6.45) is 5.09. The van der Waals surface area contributed by atoms with Crippen LogP contribution in [0.25, 0.3) is 11.1 Å². The lowest BCUT2D eigenvalue weighted by Crippen LogP contribution is -2.16. The molecule has 0 fully saturated rings. The second-order valence-electron chi connectivity index (χ2n) is 5.17. The number of rotatable bonds is 1. The van der Waals surface area contributed by atoms with E-state index in [2.05, 4.69) is 49.2 Å². The molecular formula is C16H17N. The summed E-state index contributed by atoms with van der Waals surface area (Å²) >= 11 is 0. The first-order valence-corrected chi connectivity index (χ1v) is 6.29. The summed E-state index contributed by atoms with van der Waals surface area (Å²) in [6, 6.07) is 10.9. The number of aromatic nitrogens is 1. The summed E-state index contributed by atoms with van der Waals surface area (Å²) in [5, 5.41) is 0. The Morgan fingerprint density at radius 2 is 1.94 bits per heavy atom. The molecule has 0 aliphatic heterocycles. The fraction of sp³-hybridized carbons (Fsp3) is 0.312. The summed E-state index contributed by atoms with van der Waals surface area (Å²) in [7, 11) is 0. The van der Waals surface area contributed by atoms with Gasteiger partial charge in [-0.3, -0.25) is 4.98 Å². The van der Waals surface area contributed by atoms with E-state index in [1.54, 1.807) is 0 Å². The first kappa shape index (κ1) is 10.5. The quantitative estimate of drug-likeness (QED) is 0.711. The Labute approximate surface area is 103 Å². The fourth-order valence-corrected chi connectivity index (χ4v) is 2.86. The smallest absolute Gasteiger partial charge is 0.0349 e. The number of pyridine rings is 1. The van der Waals surface area contributed by atoms with Crippen molar-refractivity contribution in [3.05, 3.63) is 53.9 Å². The van der Waals surface area contributed by atoms with Gasteiger partial charge in [0.15, 0.2) is 0 Å². The van der Waals surface area contributed by atoms with Gasteiger partial charge in [0, 0.05) is 18.0 Å². The maximum absolute atomic E-state index is 4.29. The van der Waals surface area contributed by atoms with Crippen LogP contribution in [0.15, 0.2) is 42.7 Å². The zero-order chi connectivity index (χ0) is 11.8. The molecule has 1 unspecified atom stereocenters. The summed E-state index contributed by atoms with van der Waals surface area (Å²) in [5.41, 5.74) is 5.63. The molecule has 1 nitrogen and oxygen atoms in total. The van der Waals surface area contributed by atoms with Crippen LogP contribution in [-0.2, 0) is 6.42 Å². The third-order valence-electron chi connectivity index (χ3n) is 3.81. The van der Waals surface area contributed by atoms with Gasteiger partial charge in [0.2, 0.25) is 0 Å². The molecule has 2 aromatic rings. The molecule has 3 rings (SSSR count). The molecule has 0 spiro atoms. The number of nitrogens with zero attached hydrogens (tertiary/aromatic N) is 1. The third kappa shape index (κ3) is 1.66. The van der Waals surface area contributed by atoms with Gasteiger partial charge in [-0.15, -0.1) is 0 Å². The van der Waals surface area contributed by atoms with Gasteiger partial charge in [-0.2, -0.15) is 0 Å². The van der Waals surface area contributed by atoms with Gasteiger partial charge < -0.3 is 0 Å². The Hall–Kier alpha value is -1.63. The van der Waals surface area contributed by atoms with E-state index in [0.29, 0.717) is 11.8 Å². The topological polar surface area (TPSA) is 12.9 Å². The lowest BCUT2D eigenvalue weighted by atomic mass is 9.75. The molecule has 0 amide bonds. The van der Waals surface area contributed by atoms with E-state index >= 15 is 0 Å². The minimum absolute atomic E-state index is 0.628. The normalized spacial score (nSPS) is 17.7. The van der Waals surface area contributed by atoms with E-state index in [1.165, 1.54) is 22.3 Å². The van der Waals surface area contributed by atoms with Crippen molar-refractivity contribution in [2.45, 2.75) is 26.2 Å². The molecule has 0 bridgehead atoms. The molecule has 1 heterocycles. The maximum atomic E-state index is 4.29. The van der Waals surface area contributed by atoms with Crippen molar-refractivity contribution >= 4 is 0 Å². The zero-order valence-corrected chi connectivity index (χ0v) is 10.4. The summed E-state index contributed by atoms with van der Waals surface area (Å²) in [4.78, 5) is 4.29. The maximum Gasteiger partial charge on any atom is 0.0349 e. The summed E-state index contributed by atoms with van der Waals surface area (Å²) < 4.78 is 0. The average molecular weight is 223 g/mol. The number of fused-ring (bicyclic) bond motifs is 3. The van der Waals surface area contributed by atoms with Crippen molar-refractivity contribution in [3.8, 4) is 11.1 Å². The van der Waals surface area contributed by atoms with E-state index < -0.39 is 0 Å². The minimum Gasteiger partial charge on any atom is -0.264 e. The van der Waals surface area contributed by atoms with Gasteiger partial charge in [0.25, 0.3) is 0 Å². The predicted molar refractivity (Wildman–Crippen MR) is 71.0 cm³/mol. The van der Waals surface area contributed by atoms with Crippen LogP contribution in [0.3, 0.4) is 0 Å². The van der Waals surface area contributed by atoms with Crippen LogP contribution < -0.4 is 0 Å². The fourth-order valence-electron chi connectivity index (χ4n) is 2.86. The Kier molecular flexibility index (Phi) is 2.47. The van der Waals surface area contributed by atoms with E-state index in [0.717, 1.165) is 6.42 Å². The molecule has 1 aromatic carbocycles. The molecule has 1 aliphatic rings. The van der Waals surface area contributed by atoms with Crippen molar-refractivity contribution in [2.75, 3.05) is 0 Å². The molecule has 1 aliphatic carbocycles. The van der Waals surface area contributed by atoms with Gasteiger partial charge in [0.05, 0.1) is 0 Å². The predicted octanol–water partition coefficient (Wildman–Crippen LogP) is 4.04. The highest BCUT2D eigenvalue weighted by Gasteiger charge is 2.26. The second kappa shape index (κ2) is 3.99. The standard InChI is InChI=1S/C16H17N/c1-11(2)15-9-12-5-3-4-6-13(12)16-10-17-8-7-14(15)16/h3-8,10-11,15H,9H2,1-2H3. The van der Waals surface area contributed by atoms with Crippen LogP contribution in [0.4, 0.5) is 0 Å². The highest BCUT2D eigenvalue weighted by atomic mass is 14.6. The molecule has 1 heteroatoms. The molecule has 1 atom stereocenters. The largest absolute Gasteiger partial charge is 0.264 e. The van der Waals surface area contributed by atoms with Gasteiger partial charge in [0.1, 0.15) is 0 Å². The lowest BCUT2D eigenvalue weighted by Gasteiger charge is -2.30. The molecule has 0 N–H and O–H groups in total. The van der Waals surface area contributed by atoms with Crippen LogP contribution >= 0.6 is 0 Å². The number of hydrogen-bond donors (Lipinski definition) is 0. The Morgan fingerprint density at radius 3 is 2.76 bits per heavy atom. The van der Waals surface area contributed by atoms with Crippen molar-refractivity contribution in [1.82, 2.24) is 4.98 Å². The Bertz CT molecular complexity index is 543. The van der Waals surface area contributed by atoms with Gasteiger partial charge in [-0.25, -0.2) is 0 Å². The molecule has 1 aromatic heterocycles. The zero-order valence-electron chi connectivity index (χ0n) is 10.4. The van der Waals surface area contributed by atoms with Gasteiger partial charge >= 0.3 is 0 Å². The van der Waals surface area contributed by atoms with E-state index in [4.69, 9.17) is 0 Å². The lowest BCUT2D eigenvalue weighted by molar-refractivity contribution is 0.492. The van der Waals surface area contributed by atoms with Crippen molar-refractivity contribution in [1.29, 1.82) is 0 Å². The average Bonchev–Trinajstić information content (AvgIpc) is 2.37. The first-order valence-electron chi connectivity index (χ1n) is 6.29. The molecule has 0 saturated carbocycles. The van der Waals surface area contributed by atoms with Crippen molar-refractivity contribution < 1.29 is 0 Å². The molecule has 0 saturated heterocycles. The monoisotopic (exact) mass is 223 g/mol. The van der Waals surface area contributed by atoms with Crippen LogP contribution in [0, 0.1) is 5.92 Å². The third-order valence-corrected chi connectivity index (χ3v) is 3.81. The highest BCUT2D eigenvalue weighted by molar-refractivity contribution is 5.73. The van der Waals surface area contributed by atoms with Crippen molar-refractivity contribution in [3.63, 3.8) is 0 Å². The van der Waals surface area contributed by atoms with Crippen LogP contribution in [0.2, 0.25) is 0 Å². The summed E-state index contributed by atoms with van der Waals surface area (Å²) in [6.45, 7) is 4.62. The summed E-state index contributed by atoms with van der Waals surface area (Å²) in [5.74, 6) is 1.30. The molecular weight excluding hydrogens is 206 g/mol. The molecule has 17 heavy (non-hydrogen) atoms. The highest BCUT2D eigenvalue weighted by Crippen LogP contribution is 2.41. The first-order chi connectivity index (χ1) is 8.27. The van der Waals surface area contributed by atoms with E-state index in [9.17, 15) is 0 Å². The van der Waals surface area contributed by atoms with Gasteiger partial charge in [-0.05, 0) is 41.0 Å². The van der Waals surface area contributed by atoms with Crippen LogP contribution in [0.5, 0.6) is 0 Å². The Morgan fingerprint density at radius 1 is 1.12 bits per heavy atom. The minimum atomic E-state index is 0.628. The Balaban J connectivity index is 2.22. The SMILES string of the molecule is CC(C)C1Cc2ccccc2-c2cnccc21. The number of benzene rings is 1. The number of hydrogen-bond acceptors (Lipinski definition) is 1.